The molecule has 0 radical (unpaired) electrons. The van der Waals surface area contributed by atoms with Crippen LogP contribution in [0.1, 0.15) is 77.5 Å². The van der Waals surface area contributed by atoms with Crippen molar-refractivity contribution in [1.29, 1.82) is 0 Å². The van der Waals surface area contributed by atoms with Crippen molar-refractivity contribution in [1.82, 2.24) is 9.55 Å². The number of nitrogens with zero attached hydrogens (tertiary/aromatic N) is 3. The highest BCUT2D eigenvalue weighted by atomic mass is 16.5. The minimum Gasteiger partial charge on any atom is -0.380 e. The lowest BCUT2D eigenvalue weighted by Gasteiger charge is -2.28. The van der Waals surface area contributed by atoms with Crippen LogP contribution in [-0.4, -0.2) is 29.8 Å². The Balaban J connectivity index is 1.30. The van der Waals surface area contributed by atoms with E-state index in [4.69, 9.17) is 9.72 Å². The summed E-state index contributed by atoms with van der Waals surface area (Å²) < 4.78 is 7.41. The molecule has 0 N–H and O–H groups in total. The molecule has 1 atom stereocenters. The Morgan fingerprint density at radius 2 is 1.74 bits per heavy atom. The number of rotatable bonds is 8. The van der Waals surface area contributed by atoms with Gasteiger partial charge in [-0.1, -0.05) is 25.1 Å². The van der Waals surface area contributed by atoms with E-state index in [1.165, 1.54) is 64.6 Å². The highest BCUT2D eigenvalue weighted by molar-refractivity contribution is 5.89. The van der Waals surface area contributed by atoms with Gasteiger partial charge in [-0.15, -0.1) is 6.58 Å². The maximum Gasteiger partial charge on any atom is 0.257 e. The molecule has 2 aromatic carbocycles. The second kappa shape index (κ2) is 11.2. The molecular formula is C37H41N3O2. The van der Waals surface area contributed by atoms with Crippen LogP contribution in [0, 0.1) is 0 Å². The van der Waals surface area contributed by atoms with Gasteiger partial charge in [0.1, 0.15) is 0 Å². The average molecular weight is 560 g/mol. The number of pyridine rings is 2. The maximum absolute atomic E-state index is 13.9. The fraction of sp³-hybridized carbons (Fsp3) is 0.405. The average Bonchev–Trinajstić information content (AvgIpc) is 3.64. The van der Waals surface area contributed by atoms with Crippen molar-refractivity contribution in [3.8, 4) is 11.4 Å². The number of allylic oxidation sites excluding steroid dienone is 1. The summed E-state index contributed by atoms with van der Waals surface area (Å²) >= 11 is 0. The van der Waals surface area contributed by atoms with Gasteiger partial charge in [-0.05, 0) is 115 Å². The minimum atomic E-state index is 0.0295. The number of anilines is 1. The van der Waals surface area contributed by atoms with Crippen LogP contribution in [0.5, 0.6) is 0 Å². The monoisotopic (exact) mass is 559 g/mol. The first-order chi connectivity index (χ1) is 20.6. The van der Waals surface area contributed by atoms with Crippen molar-refractivity contribution in [2.24, 2.45) is 0 Å². The van der Waals surface area contributed by atoms with E-state index in [1.54, 1.807) is 7.11 Å². The number of piperidine rings is 1. The van der Waals surface area contributed by atoms with Crippen molar-refractivity contribution in [3.05, 3.63) is 104 Å². The van der Waals surface area contributed by atoms with Gasteiger partial charge in [-0.2, -0.15) is 0 Å². The Hall–Kier alpha value is -3.70. The second-order valence-corrected chi connectivity index (χ2v) is 12.4. The van der Waals surface area contributed by atoms with Gasteiger partial charge in [0, 0.05) is 42.4 Å². The van der Waals surface area contributed by atoms with Gasteiger partial charge in [0.25, 0.3) is 5.56 Å². The van der Waals surface area contributed by atoms with E-state index in [1.807, 2.05) is 10.6 Å². The van der Waals surface area contributed by atoms with Crippen molar-refractivity contribution < 1.29 is 4.74 Å². The van der Waals surface area contributed by atoms with E-state index < -0.39 is 0 Å². The van der Waals surface area contributed by atoms with Crippen LogP contribution >= 0.6 is 0 Å². The molecule has 1 aliphatic carbocycles. The maximum atomic E-state index is 13.9. The number of hydrogen-bond acceptors (Lipinski definition) is 4. The fourth-order valence-electron chi connectivity index (χ4n) is 7.44. The van der Waals surface area contributed by atoms with Gasteiger partial charge in [0.2, 0.25) is 0 Å². The molecule has 0 spiro atoms. The molecule has 4 heterocycles. The zero-order chi connectivity index (χ0) is 28.8. The molecule has 42 heavy (non-hydrogen) atoms. The van der Waals surface area contributed by atoms with Crippen LogP contribution in [-0.2, 0) is 43.6 Å². The number of benzene rings is 2. The number of aryl methyl sites for hydroxylation is 4. The van der Waals surface area contributed by atoms with Gasteiger partial charge in [-0.25, -0.2) is 4.98 Å². The molecule has 0 bridgehead atoms. The lowest BCUT2D eigenvalue weighted by atomic mass is 9.92. The van der Waals surface area contributed by atoms with Crippen LogP contribution in [0.4, 0.5) is 5.69 Å². The molecule has 1 saturated heterocycles. The van der Waals surface area contributed by atoms with E-state index in [-0.39, 0.29) is 11.5 Å². The molecule has 1 fully saturated rings. The molecule has 216 valence electrons. The van der Waals surface area contributed by atoms with Crippen molar-refractivity contribution >= 4 is 16.6 Å². The predicted molar refractivity (Wildman–Crippen MR) is 172 cm³/mol. The number of methoxy groups -OCH3 is 1. The zero-order valence-corrected chi connectivity index (χ0v) is 25.0. The first kappa shape index (κ1) is 27.2. The summed E-state index contributed by atoms with van der Waals surface area (Å²) in [5.74, 6) is 0.0499. The largest absolute Gasteiger partial charge is 0.380 e. The number of aromatic nitrogens is 2. The summed E-state index contributed by atoms with van der Waals surface area (Å²) in [5, 5.41) is 1.26. The predicted octanol–water partition coefficient (Wildman–Crippen LogP) is 7.13. The molecule has 5 nitrogen and oxygen atoms in total. The minimum absolute atomic E-state index is 0.0295. The van der Waals surface area contributed by atoms with Crippen LogP contribution in [0.15, 0.2) is 59.9 Å². The van der Waals surface area contributed by atoms with Crippen LogP contribution in [0.2, 0.25) is 0 Å². The van der Waals surface area contributed by atoms with Crippen molar-refractivity contribution in [2.75, 3.05) is 25.1 Å². The molecule has 3 aliphatic rings. The Labute approximate surface area is 248 Å². The van der Waals surface area contributed by atoms with E-state index >= 15 is 0 Å². The number of hydrogen-bond donors (Lipinski definition) is 0. The molecular weight excluding hydrogens is 518 g/mol. The normalized spacial score (nSPS) is 16.4. The summed E-state index contributed by atoms with van der Waals surface area (Å²) in [4.78, 5) is 21.7. The summed E-state index contributed by atoms with van der Waals surface area (Å²) in [6, 6.07) is 16.1. The van der Waals surface area contributed by atoms with E-state index in [0.717, 1.165) is 66.8 Å². The van der Waals surface area contributed by atoms with Gasteiger partial charge < -0.3 is 14.2 Å². The van der Waals surface area contributed by atoms with E-state index in [0.29, 0.717) is 13.2 Å². The van der Waals surface area contributed by atoms with Crippen molar-refractivity contribution in [2.45, 2.75) is 77.4 Å². The van der Waals surface area contributed by atoms with Crippen LogP contribution in [0.25, 0.3) is 22.3 Å². The lowest BCUT2D eigenvalue weighted by molar-refractivity contribution is 0.182. The third-order valence-corrected chi connectivity index (χ3v) is 9.87. The molecule has 7 rings (SSSR count). The lowest BCUT2D eigenvalue weighted by Crippen LogP contribution is -2.29. The summed E-state index contributed by atoms with van der Waals surface area (Å²) in [6.07, 6.45) is 11.2. The topological polar surface area (TPSA) is 47.4 Å². The summed E-state index contributed by atoms with van der Waals surface area (Å²) in [6.45, 7) is 9.29. The van der Waals surface area contributed by atoms with Gasteiger partial charge in [-0.3, -0.25) is 4.79 Å². The first-order valence-electron chi connectivity index (χ1n) is 15.8. The third-order valence-electron chi connectivity index (χ3n) is 9.87. The highest BCUT2D eigenvalue weighted by Crippen LogP contribution is 2.39. The van der Waals surface area contributed by atoms with Crippen LogP contribution in [0.3, 0.4) is 0 Å². The Morgan fingerprint density at radius 1 is 0.976 bits per heavy atom. The Bertz CT molecular complexity index is 1730. The highest BCUT2D eigenvalue weighted by Gasteiger charge is 2.29. The molecule has 0 amide bonds. The summed E-state index contributed by atoms with van der Waals surface area (Å²) in [5.41, 5.74) is 12.8. The zero-order valence-electron chi connectivity index (χ0n) is 25.0. The third kappa shape index (κ3) is 4.68. The Morgan fingerprint density at radius 3 is 2.48 bits per heavy atom. The molecule has 4 aromatic rings. The molecule has 1 unspecified atom stereocenters. The van der Waals surface area contributed by atoms with Crippen molar-refractivity contribution in [3.63, 3.8) is 0 Å². The molecule has 2 aromatic heterocycles. The van der Waals surface area contributed by atoms with Gasteiger partial charge in [0.05, 0.1) is 30.1 Å². The fourth-order valence-corrected chi connectivity index (χ4v) is 7.44. The standard InChI is InChI=1S/C37H41N3O2/c1-4-24(2)30-21-35-36-32(22-40(35)37(41)33(30)23-42-3)29(31-19-26-9-8-10-27(26)20-34(31)38-36)16-13-25-11-14-28(15-12-25)39-17-6-5-7-18-39/h4,11-12,14-15,19-21,24H,1,5-10,13,16-18,22-23H2,2-3H3. The second-order valence-electron chi connectivity index (χ2n) is 12.4. The van der Waals surface area contributed by atoms with E-state index in [9.17, 15) is 4.79 Å². The molecule has 5 heteroatoms. The van der Waals surface area contributed by atoms with Crippen LogP contribution < -0.4 is 10.5 Å². The number of ether oxygens (including phenoxy) is 1. The summed E-state index contributed by atoms with van der Waals surface area (Å²) in [7, 11) is 1.65. The SMILES string of the molecule is C=CC(C)c1cc2n(c(=O)c1COC)Cc1c-2nc2cc3c(cc2c1CCc1ccc(N2CCCCC2)cc1)CCC3. The molecule has 2 aliphatic heterocycles. The molecule has 0 saturated carbocycles. The van der Waals surface area contributed by atoms with E-state index in [2.05, 4.69) is 60.9 Å². The van der Waals surface area contributed by atoms with Gasteiger partial charge >= 0.3 is 0 Å². The first-order valence-corrected chi connectivity index (χ1v) is 15.8. The quantitative estimate of drug-likeness (QED) is 0.190. The van der Waals surface area contributed by atoms with Gasteiger partial charge in [0.15, 0.2) is 0 Å². The Kier molecular flexibility index (Phi) is 7.23. The smallest absolute Gasteiger partial charge is 0.257 e. The number of fused-ring (bicyclic) bond motifs is 5.